The molecule has 26 heavy (non-hydrogen) atoms. The summed E-state index contributed by atoms with van der Waals surface area (Å²) >= 11 is 1.50. The maximum atomic E-state index is 13.2. The molecule has 2 aromatic carbocycles. The van der Waals surface area contributed by atoms with Crippen LogP contribution < -0.4 is 4.80 Å². The molecule has 0 bridgehead atoms. The lowest BCUT2D eigenvalue weighted by Gasteiger charge is -2.18. The average Bonchev–Trinajstić information content (AvgIpc) is 3.03. The Balaban J connectivity index is 1.95. The molecule has 134 valence electrons. The molecule has 0 aliphatic heterocycles. The number of hydrogen-bond donors (Lipinski definition) is 0. The number of hydrogen-bond acceptors (Lipinski definition) is 3. The highest BCUT2D eigenvalue weighted by Crippen LogP contribution is 2.22. The van der Waals surface area contributed by atoms with Crippen LogP contribution >= 0.6 is 11.3 Å². The highest BCUT2D eigenvalue weighted by molar-refractivity contribution is 7.07. The number of nitrogens with zero attached hydrogens (tertiary/aromatic N) is 3. The Morgan fingerprint density at radius 2 is 1.65 bits per heavy atom. The van der Waals surface area contributed by atoms with Crippen LogP contribution in [0.2, 0.25) is 0 Å². The Morgan fingerprint density at radius 3 is 2.23 bits per heavy atom. The minimum atomic E-state index is -0.252. The standard InChI is InChI=1S/C21H22FN3S/c1-21(2,3)17-9-5-15(6-10-17)13-24-25-19(14-26-20(25)23-4)16-7-11-18(22)12-8-16/h5-14H,1-4H3/b23-20?,24-13-. The van der Waals surface area contributed by atoms with Crippen LogP contribution in [0.3, 0.4) is 0 Å². The van der Waals surface area contributed by atoms with Gasteiger partial charge in [-0.2, -0.15) is 5.10 Å². The number of rotatable bonds is 3. The molecule has 3 rings (SSSR count). The van der Waals surface area contributed by atoms with Gasteiger partial charge in [-0.3, -0.25) is 4.99 Å². The highest BCUT2D eigenvalue weighted by atomic mass is 32.1. The molecule has 0 N–H and O–H groups in total. The van der Waals surface area contributed by atoms with Gasteiger partial charge in [-0.1, -0.05) is 45.0 Å². The summed E-state index contributed by atoms with van der Waals surface area (Å²) in [4.78, 5) is 5.07. The molecule has 0 fully saturated rings. The van der Waals surface area contributed by atoms with Crippen molar-refractivity contribution in [2.45, 2.75) is 26.2 Å². The van der Waals surface area contributed by atoms with Gasteiger partial charge in [0, 0.05) is 18.0 Å². The summed E-state index contributed by atoms with van der Waals surface area (Å²) in [5, 5.41) is 6.59. The molecule has 5 heteroatoms. The maximum Gasteiger partial charge on any atom is 0.205 e. The quantitative estimate of drug-likeness (QED) is 0.579. The van der Waals surface area contributed by atoms with Gasteiger partial charge in [-0.15, -0.1) is 11.3 Å². The Hall–Kier alpha value is -2.53. The van der Waals surface area contributed by atoms with Crippen molar-refractivity contribution in [2.75, 3.05) is 7.05 Å². The molecular formula is C21H22FN3S. The molecule has 1 heterocycles. The fourth-order valence-corrected chi connectivity index (χ4v) is 3.38. The number of halogens is 1. The molecule has 0 atom stereocenters. The molecule has 0 spiro atoms. The van der Waals surface area contributed by atoms with Crippen LogP contribution in [0.15, 0.2) is 64.0 Å². The van der Waals surface area contributed by atoms with Gasteiger partial charge in [0.05, 0.1) is 11.9 Å². The van der Waals surface area contributed by atoms with Crippen LogP contribution in [0, 0.1) is 5.82 Å². The van der Waals surface area contributed by atoms with Gasteiger partial charge in [0.25, 0.3) is 0 Å². The predicted molar refractivity (Wildman–Crippen MR) is 107 cm³/mol. The minimum Gasteiger partial charge on any atom is -0.261 e. The second-order valence-corrected chi connectivity index (χ2v) is 7.90. The Kier molecular flexibility index (Phi) is 5.18. The van der Waals surface area contributed by atoms with E-state index < -0.39 is 0 Å². The molecule has 0 unspecified atom stereocenters. The Bertz CT molecular complexity index is 972. The first-order chi connectivity index (χ1) is 12.4. The van der Waals surface area contributed by atoms with E-state index in [9.17, 15) is 4.39 Å². The Labute approximate surface area is 157 Å². The van der Waals surface area contributed by atoms with Crippen LogP contribution in [-0.2, 0) is 5.41 Å². The third-order valence-electron chi connectivity index (χ3n) is 4.12. The summed E-state index contributed by atoms with van der Waals surface area (Å²) in [6.45, 7) is 6.59. The molecule has 1 aromatic heterocycles. The zero-order valence-electron chi connectivity index (χ0n) is 15.4. The van der Waals surface area contributed by atoms with E-state index in [4.69, 9.17) is 0 Å². The third kappa shape index (κ3) is 3.99. The molecule has 0 radical (unpaired) electrons. The normalized spacial score (nSPS) is 12.9. The molecule has 0 saturated heterocycles. The van der Waals surface area contributed by atoms with E-state index >= 15 is 0 Å². The van der Waals surface area contributed by atoms with E-state index in [1.165, 1.54) is 29.0 Å². The lowest BCUT2D eigenvalue weighted by molar-refractivity contribution is 0.590. The summed E-state index contributed by atoms with van der Waals surface area (Å²) in [7, 11) is 1.74. The number of aromatic nitrogens is 1. The van der Waals surface area contributed by atoms with Gasteiger partial charge in [0.15, 0.2) is 0 Å². The van der Waals surface area contributed by atoms with E-state index in [1.54, 1.807) is 23.9 Å². The van der Waals surface area contributed by atoms with Crippen molar-refractivity contribution in [2.24, 2.45) is 10.1 Å². The molecular weight excluding hydrogens is 345 g/mol. The second kappa shape index (κ2) is 7.38. The maximum absolute atomic E-state index is 13.2. The van der Waals surface area contributed by atoms with Gasteiger partial charge in [-0.05, 0) is 40.8 Å². The van der Waals surface area contributed by atoms with E-state index in [-0.39, 0.29) is 11.2 Å². The average molecular weight is 367 g/mol. The molecule has 0 amide bonds. The van der Waals surface area contributed by atoms with Crippen LogP contribution in [0.4, 0.5) is 4.39 Å². The predicted octanol–water partition coefficient (Wildman–Crippen LogP) is 5.07. The summed E-state index contributed by atoms with van der Waals surface area (Å²) in [6, 6.07) is 14.8. The fraction of sp³-hybridized carbons (Fsp3) is 0.238. The zero-order valence-corrected chi connectivity index (χ0v) is 16.2. The molecule has 0 saturated carbocycles. The van der Waals surface area contributed by atoms with Crippen molar-refractivity contribution in [3.05, 3.63) is 75.7 Å². The fourth-order valence-electron chi connectivity index (χ4n) is 2.57. The summed E-state index contributed by atoms with van der Waals surface area (Å²) < 4.78 is 15.0. The van der Waals surface area contributed by atoms with E-state index in [0.717, 1.165) is 21.6 Å². The summed E-state index contributed by atoms with van der Waals surface area (Å²) in [6.07, 6.45) is 1.82. The number of benzene rings is 2. The van der Waals surface area contributed by atoms with Crippen molar-refractivity contribution in [3.8, 4) is 11.3 Å². The lowest BCUT2D eigenvalue weighted by atomic mass is 9.87. The van der Waals surface area contributed by atoms with E-state index in [0.29, 0.717) is 0 Å². The first kappa shape index (κ1) is 18.3. The van der Waals surface area contributed by atoms with Gasteiger partial charge in [0.2, 0.25) is 4.80 Å². The Morgan fingerprint density at radius 1 is 1.00 bits per heavy atom. The third-order valence-corrected chi connectivity index (χ3v) is 5.02. The van der Waals surface area contributed by atoms with Crippen molar-refractivity contribution in [1.29, 1.82) is 0 Å². The number of thiazole rings is 1. The van der Waals surface area contributed by atoms with Crippen molar-refractivity contribution < 1.29 is 4.39 Å². The molecule has 0 aliphatic rings. The van der Waals surface area contributed by atoms with Crippen LogP contribution in [-0.4, -0.2) is 17.9 Å². The van der Waals surface area contributed by atoms with Crippen molar-refractivity contribution in [1.82, 2.24) is 4.68 Å². The monoisotopic (exact) mass is 367 g/mol. The summed E-state index contributed by atoms with van der Waals surface area (Å²) in [5.41, 5.74) is 4.22. The highest BCUT2D eigenvalue weighted by Gasteiger charge is 2.12. The lowest BCUT2D eigenvalue weighted by Crippen LogP contribution is -2.12. The van der Waals surface area contributed by atoms with Gasteiger partial charge in [0.1, 0.15) is 5.82 Å². The molecule has 3 aromatic rings. The largest absolute Gasteiger partial charge is 0.261 e. The van der Waals surface area contributed by atoms with Gasteiger partial charge < -0.3 is 0 Å². The first-order valence-electron chi connectivity index (χ1n) is 8.43. The molecule has 3 nitrogen and oxygen atoms in total. The van der Waals surface area contributed by atoms with Crippen LogP contribution in [0.25, 0.3) is 11.3 Å². The van der Waals surface area contributed by atoms with Gasteiger partial charge >= 0.3 is 0 Å². The first-order valence-corrected chi connectivity index (χ1v) is 9.30. The van der Waals surface area contributed by atoms with Crippen molar-refractivity contribution >= 4 is 17.6 Å². The second-order valence-electron chi connectivity index (χ2n) is 7.06. The van der Waals surface area contributed by atoms with Crippen LogP contribution in [0.5, 0.6) is 0 Å². The van der Waals surface area contributed by atoms with E-state index in [2.05, 4.69) is 55.1 Å². The minimum absolute atomic E-state index is 0.127. The van der Waals surface area contributed by atoms with E-state index in [1.807, 2.05) is 11.6 Å². The van der Waals surface area contributed by atoms with Crippen molar-refractivity contribution in [3.63, 3.8) is 0 Å². The summed E-state index contributed by atoms with van der Waals surface area (Å²) in [5.74, 6) is -0.252. The van der Waals surface area contributed by atoms with Gasteiger partial charge in [-0.25, -0.2) is 9.07 Å². The molecule has 0 aliphatic carbocycles. The zero-order chi connectivity index (χ0) is 18.7. The van der Waals surface area contributed by atoms with Crippen LogP contribution in [0.1, 0.15) is 31.9 Å². The SMILES string of the molecule is CN=c1scc(-c2ccc(F)cc2)n1/N=C\c1ccc(C(C)(C)C)cc1. The smallest absolute Gasteiger partial charge is 0.205 e. The topological polar surface area (TPSA) is 29.6 Å².